The van der Waals surface area contributed by atoms with Gasteiger partial charge in [0, 0.05) is 28.4 Å². The molecule has 2 fully saturated rings. The third-order valence-electron chi connectivity index (χ3n) is 5.25. The van der Waals surface area contributed by atoms with Crippen molar-refractivity contribution in [1.82, 2.24) is 4.90 Å². The molecule has 1 saturated carbocycles. The highest BCUT2D eigenvalue weighted by molar-refractivity contribution is 8.03. The Morgan fingerprint density at radius 2 is 1.70 bits per heavy atom. The maximum atomic E-state index is 4.45. The molecule has 118 valence electrons. The van der Waals surface area contributed by atoms with Crippen LogP contribution in [0.15, 0.2) is 77.0 Å². The molecule has 0 bridgehead atoms. The first-order valence-corrected chi connectivity index (χ1v) is 9.36. The van der Waals surface area contributed by atoms with Crippen molar-refractivity contribution in [1.29, 1.82) is 0 Å². The first-order chi connectivity index (χ1) is 11.3. The Morgan fingerprint density at radius 1 is 1.00 bits per heavy atom. The van der Waals surface area contributed by atoms with Crippen LogP contribution in [0.2, 0.25) is 0 Å². The van der Waals surface area contributed by atoms with Gasteiger partial charge in [0.1, 0.15) is 0 Å². The van der Waals surface area contributed by atoms with Gasteiger partial charge >= 0.3 is 0 Å². The van der Waals surface area contributed by atoms with E-state index < -0.39 is 0 Å². The maximum Gasteiger partial charge on any atom is 0.0454 e. The Balaban J connectivity index is 1.50. The maximum absolute atomic E-state index is 4.45. The first kappa shape index (κ1) is 15.0. The predicted octanol–water partition coefficient (Wildman–Crippen LogP) is 5.35. The van der Waals surface area contributed by atoms with Crippen LogP contribution in [-0.2, 0) is 6.54 Å². The smallest absolute Gasteiger partial charge is 0.0454 e. The first-order valence-electron chi connectivity index (χ1n) is 8.54. The van der Waals surface area contributed by atoms with Gasteiger partial charge in [0.05, 0.1) is 0 Å². The van der Waals surface area contributed by atoms with Crippen molar-refractivity contribution in [3.63, 3.8) is 0 Å². The zero-order chi connectivity index (χ0) is 15.6. The largest absolute Gasteiger partial charge is 0.288 e. The molecule has 3 atom stereocenters. The third kappa shape index (κ3) is 2.98. The average molecular weight is 321 g/mol. The summed E-state index contributed by atoms with van der Waals surface area (Å²) >= 11 is 1.85. The van der Waals surface area contributed by atoms with Gasteiger partial charge in [-0.15, -0.1) is 0 Å². The second-order valence-electron chi connectivity index (χ2n) is 6.65. The van der Waals surface area contributed by atoms with Crippen LogP contribution >= 0.6 is 11.8 Å². The van der Waals surface area contributed by atoms with Crippen molar-refractivity contribution in [2.45, 2.75) is 42.8 Å². The summed E-state index contributed by atoms with van der Waals surface area (Å²) < 4.78 is 0. The summed E-state index contributed by atoms with van der Waals surface area (Å²) in [5.74, 6) is 0.822. The Labute approximate surface area is 143 Å². The Bertz CT molecular complexity index is 667. The van der Waals surface area contributed by atoms with Crippen LogP contribution in [0.5, 0.6) is 0 Å². The van der Waals surface area contributed by atoms with Crippen LogP contribution in [0.4, 0.5) is 0 Å². The number of hydrogen-bond donors (Lipinski definition) is 0. The van der Waals surface area contributed by atoms with Crippen molar-refractivity contribution in [3.05, 3.63) is 77.7 Å². The van der Waals surface area contributed by atoms with Crippen LogP contribution < -0.4 is 0 Å². The number of fused-ring (bicyclic) bond motifs is 1. The fourth-order valence-corrected chi connectivity index (χ4v) is 5.26. The third-order valence-corrected chi connectivity index (χ3v) is 6.26. The molecule has 1 heterocycles. The normalized spacial score (nSPS) is 26.5. The summed E-state index contributed by atoms with van der Waals surface area (Å²) in [6.07, 6.45) is 4.10. The molecule has 2 aromatic carbocycles. The van der Waals surface area contributed by atoms with E-state index in [9.17, 15) is 0 Å². The highest BCUT2D eigenvalue weighted by Gasteiger charge is 2.51. The fourth-order valence-electron chi connectivity index (χ4n) is 4.23. The molecule has 2 aromatic rings. The van der Waals surface area contributed by atoms with E-state index >= 15 is 0 Å². The summed E-state index contributed by atoms with van der Waals surface area (Å²) in [6.45, 7) is 5.50. The zero-order valence-electron chi connectivity index (χ0n) is 13.4. The summed E-state index contributed by atoms with van der Waals surface area (Å²) in [5.41, 5.74) is 1.42. The molecule has 2 aliphatic rings. The number of hydrogen-bond acceptors (Lipinski definition) is 2. The molecule has 1 aliphatic heterocycles. The van der Waals surface area contributed by atoms with Gasteiger partial charge in [-0.25, -0.2) is 0 Å². The van der Waals surface area contributed by atoms with Crippen molar-refractivity contribution in [2.75, 3.05) is 0 Å². The van der Waals surface area contributed by atoms with Crippen LogP contribution in [-0.4, -0.2) is 17.0 Å². The molecule has 1 saturated heterocycles. The van der Waals surface area contributed by atoms with E-state index in [1.807, 2.05) is 11.8 Å². The number of thioether (sulfide) groups is 1. The molecule has 1 nitrogen and oxygen atoms in total. The lowest BCUT2D eigenvalue weighted by atomic mass is 9.81. The minimum Gasteiger partial charge on any atom is -0.288 e. The predicted molar refractivity (Wildman–Crippen MR) is 98.3 cm³/mol. The molecule has 0 amide bonds. The summed E-state index contributed by atoms with van der Waals surface area (Å²) in [4.78, 5) is 5.31. The number of rotatable bonds is 5. The second kappa shape index (κ2) is 6.54. The molecule has 0 unspecified atom stereocenters. The van der Waals surface area contributed by atoms with E-state index in [-0.39, 0.29) is 0 Å². The summed E-state index contributed by atoms with van der Waals surface area (Å²) in [6, 6.07) is 22.8. The molecular weight excluding hydrogens is 298 g/mol. The second-order valence-corrected chi connectivity index (χ2v) is 7.85. The lowest BCUT2D eigenvalue weighted by molar-refractivity contribution is -0.0191. The van der Waals surface area contributed by atoms with Gasteiger partial charge in [-0.3, -0.25) is 4.90 Å². The van der Waals surface area contributed by atoms with Gasteiger partial charge in [0.15, 0.2) is 0 Å². The molecule has 2 heteroatoms. The van der Waals surface area contributed by atoms with Gasteiger partial charge in [-0.1, -0.05) is 73.3 Å². The minimum absolute atomic E-state index is 0.535. The number of likely N-dealkylation sites (tertiary alicyclic amines) is 1. The Hall–Kier alpha value is -1.51. The van der Waals surface area contributed by atoms with Crippen LogP contribution in [0.1, 0.15) is 24.8 Å². The van der Waals surface area contributed by atoms with Crippen LogP contribution in [0.3, 0.4) is 0 Å². The molecule has 23 heavy (non-hydrogen) atoms. The molecule has 0 N–H and O–H groups in total. The lowest BCUT2D eigenvalue weighted by Crippen LogP contribution is -2.61. The van der Waals surface area contributed by atoms with Gasteiger partial charge < -0.3 is 0 Å². The molecule has 4 rings (SSSR count). The Morgan fingerprint density at radius 3 is 2.43 bits per heavy atom. The van der Waals surface area contributed by atoms with Gasteiger partial charge in [-0.2, -0.15) is 0 Å². The van der Waals surface area contributed by atoms with Gasteiger partial charge in [0.2, 0.25) is 0 Å². The monoisotopic (exact) mass is 321 g/mol. The van der Waals surface area contributed by atoms with E-state index in [2.05, 4.69) is 72.1 Å². The highest BCUT2D eigenvalue weighted by Crippen LogP contribution is 2.50. The van der Waals surface area contributed by atoms with E-state index in [0.29, 0.717) is 6.04 Å². The number of nitrogens with zero attached hydrogens (tertiary/aromatic N) is 1. The average Bonchev–Trinajstić information content (AvgIpc) is 2.98. The highest BCUT2D eigenvalue weighted by atomic mass is 32.2. The van der Waals surface area contributed by atoms with Crippen molar-refractivity contribution < 1.29 is 0 Å². The number of benzene rings is 2. The van der Waals surface area contributed by atoms with Gasteiger partial charge in [0.25, 0.3) is 0 Å². The molecule has 0 aromatic heterocycles. The van der Waals surface area contributed by atoms with E-state index in [1.54, 1.807) is 0 Å². The van der Waals surface area contributed by atoms with Crippen LogP contribution in [0.25, 0.3) is 0 Å². The standard InChI is InChI=1S/C21H23NS/c1-16(23-18-11-6-3-7-12-18)21-19-13-8-14-20(19)22(21)15-17-9-4-2-5-10-17/h2-7,9-12,19-21H,1,8,13-15H2/t19-,20+,21-/m0/s1. The summed E-state index contributed by atoms with van der Waals surface area (Å²) in [7, 11) is 0. The van der Waals surface area contributed by atoms with Crippen molar-refractivity contribution in [3.8, 4) is 0 Å². The molecule has 1 aliphatic carbocycles. The zero-order valence-corrected chi connectivity index (χ0v) is 14.2. The topological polar surface area (TPSA) is 3.24 Å². The SMILES string of the molecule is C=C(Sc1ccccc1)[C@H]1[C@H]2CCC[C@H]2N1Cc1ccccc1. The summed E-state index contributed by atoms with van der Waals surface area (Å²) in [5, 5.41) is 0. The lowest BCUT2D eigenvalue weighted by Gasteiger charge is -2.53. The Kier molecular flexibility index (Phi) is 4.28. The van der Waals surface area contributed by atoms with E-state index in [1.165, 1.54) is 34.6 Å². The molecule has 0 radical (unpaired) electrons. The minimum atomic E-state index is 0.535. The quantitative estimate of drug-likeness (QED) is 0.683. The molecule has 0 spiro atoms. The van der Waals surface area contributed by atoms with Crippen molar-refractivity contribution in [2.24, 2.45) is 5.92 Å². The molecular formula is C21H23NS. The van der Waals surface area contributed by atoms with Crippen LogP contribution in [0, 0.1) is 5.92 Å². The van der Waals surface area contributed by atoms with Gasteiger partial charge in [-0.05, 0) is 36.5 Å². The van der Waals surface area contributed by atoms with E-state index in [0.717, 1.165) is 18.5 Å². The van der Waals surface area contributed by atoms with Crippen molar-refractivity contribution >= 4 is 11.8 Å². The van der Waals surface area contributed by atoms with E-state index in [4.69, 9.17) is 0 Å². The fraction of sp³-hybridized carbons (Fsp3) is 0.333.